The molecule has 0 aromatic carbocycles. The highest BCUT2D eigenvalue weighted by Gasteiger charge is 2.42. The maximum absolute atomic E-state index is 12.8. The van der Waals surface area contributed by atoms with Gasteiger partial charge in [0, 0.05) is 13.2 Å². The molecule has 1 aromatic heterocycles. The summed E-state index contributed by atoms with van der Waals surface area (Å²) < 4.78 is 64.7. The molecule has 0 amide bonds. The summed E-state index contributed by atoms with van der Waals surface area (Å²) in [6.07, 6.45) is -4.30. The summed E-state index contributed by atoms with van der Waals surface area (Å²) in [5, 5.41) is 12.0. The Morgan fingerprint density at radius 1 is 1.43 bits per heavy atom. The van der Waals surface area contributed by atoms with E-state index in [2.05, 4.69) is 5.10 Å². The van der Waals surface area contributed by atoms with Crippen LogP contribution >= 0.6 is 0 Å². The van der Waals surface area contributed by atoms with E-state index >= 15 is 0 Å². The number of halogens is 3. The number of alkyl halides is 3. The van der Waals surface area contributed by atoms with Gasteiger partial charge in [-0.05, 0) is 5.92 Å². The molecular weight excluding hydrogens is 315 g/mol. The highest BCUT2D eigenvalue weighted by atomic mass is 32.2. The molecule has 7 nitrogen and oxygen atoms in total. The van der Waals surface area contributed by atoms with Crippen molar-refractivity contribution in [1.29, 1.82) is 0 Å². The van der Waals surface area contributed by atoms with Gasteiger partial charge in [-0.15, -0.1) is 0 Å². The van der Waals surface area contributed by atoms with E-state index in [1.54, 1.807) is 4.72 Å². The zero-order valence-electron chi connectivity index (χ0n) is 11.3. The first-order valence-electron chi connectivity index (χ1n) is 5.72. The number of nitrogens with zero attached hydrogens (tertiary/aromatic N) is 2. The van der Waals surface area contributed by atoms with Crippen LogP contribution in [0.1, 0.15) is 19.5 Å². The highest BCUT2D eigenvalue weighted by molar-refractivity contribution is 7.89. The van der Waals surface area contributed by atoms with Crippen molar-refractivity contribution in [3.8, 4) is 0 Å². The number of hydrogen-bond donors (Lipinski definition) is 2. The summed E-state index contributed by atoms with van der Waals surface area (Å²) in [4.78, 5) is 9.86. The molecule has 21 heavy (non-hydrogen) atoms. The predicted molar refractivity (Wildman–Crippen MR) is 64.8 cm³/mol. The van der Waals surface area contributed by atoms with E-state index in [4.69, 9.17) is 5.11 Å². The summed E-state index contributed by atoms with van der Waals surface area (Å²) in [5.74, 6) is -2.13. The summed E-state index contributed by atoms with van der Waals surface area (Å²) in [6.45, 7) is 2.85. The van der Waals surface area contributed by atoms with Gasteiger partial charge in [-0.25, -0.2) is 8.42 Å². The molecule has 2 N–H and O–H groups in total. The predicted octanol–water partition coefficient (Wildman–Crippen LogP) is 0.826. The number of nitrogens with one attached hydrogen (secondary N) is 1. The van der Waals surface area contributed by atoms with Gasteiger partial charge in [-0.2, -0.15) is 23.0 Å². The lowest BCUT2D eigenvalue weighted by Crippen LogP contribution is -2.44. The molecule has 0 aliphatic carbocycles. The summed E-state index contributed by atoms with van der Waals surface area (Å²) in [5.41, 5.74) is -1.59. The summed E-state index contributed by atoms with van der Waals surface area (Å²) in [7, 11) is -3.55. The van der Waals surface area contributed by atoms with Gasteiger partial charge in [0.15, 0.2) is 5.69 Å². The Balaban J connectivity index is 3.29. The molecule has 0 aliphatic heterocycles. The average molecular weight is 329 g/mol. The molecule has 0 saturated carbocycles. The molecule has 0 radical (unpaired) electrons. The lowest BCUT2D eigenvalue weighted by Gasteiger charge is -2.18. The van der Waals surface area contributed by atoms with Crippen molar-refractivity contribution in [3.05, 3.63) is 11.9 Å². The molecule has 0 fully saturated rings. The van der Waals surface area contributed by atoms with E-state index in [0.717, 1.165) is 7.05 Å². The zero-order chi connectivity index (χ0) is 16.6. The molecule has 0 bridgehead atoms. The van der Waals surface area contributed by atoms with E-state index in [1.165, 1.54) is 13.8 Å². The minimum atomic E-state index is -4.97. The number of sulfonamides is 1. The monoisotopic (exact) mass is 329 g/mol. The Bertz CT molecular complexity index is 636. The molecule has 1 rings (SSSR count). The maximum atomic E-state index is 12.8. The first kappa shape index (κ1) is 17.4. The number of carboxylic acids is 1. The number of carbonyl (C=O) groups is 1. The summed E-state index contributed by atoms with van der Waals surface area (Å²) in [6, 6.07) is -1.55. The minimum Gasteiger partial charge on any atom is -0.480 e. The third-order valence-electron chi connectivity index (χ3n) is 2.57. The Hall–Kier alpha value is -1.62. The van der Waals surface area contributed by atoms with Crippen molar-refractivity contribution in [2.45, 2.75) is 31.0 Å². The lowest BCUT2D eigenvalue weighted by atomic mass is 10.1. The lowest BCUT2D eigenvalue weighted by molar-refractivity contribution is -0.143. The second-order valence-corrected chi connectivity index (χ2v) is 6.38. The fourth-order valence-corrected chi connectivity index (χ4v) is 3.10. The standard InChI is InChI=1S/C10H14F3N3O4S/c1-5(2)7(9(17)18)15-21(19,20)6-4-16(3)14-8(6)10(11,12)13/h4-5,7,15H,1-3H3,(H,17,18)/t7-/m1/s1. The Labute approximate surface area is 118 Å². The van der Waals surface area contributed by atoms with E-state index in [-0.39, 0.29) is 0 Å². The van der Waals surface area contributed by atoms with Gasteiger partial charge in [0.1, 0.15) is 10.9 Å². The van der Waals surface area contributed by atoms with Crippen LogP contribution in [-0.4, -0.2) is 35.3 Å². The smallest absolute Gasteiger partial charge is 0.436 e. The molecule has 1 heterocycles. The molecular formula is C10H14F3N3O4S. The van der Waals surface area contributed by atoms with Crippen LogP contribution in [0.25, 0.3) is 0 Å². The van der Waals surface area contributed by atoms with Gasteiger partial charge in [0.25, 0.3) is 0 Å². The normalized spacial score (nSPS) is 14.4. The molecule has 1 aromatic rings. The van der Waals surface area contributed by atoms with E-state index in [1.807, 2.05) is 0 Å². The Morgan fingerprint density at radius 3 is 2.33 bits per heavy atom. The second kappa shape index (κ2) is 5.64. The first-order chi connectivity index (χ1) is 9.36. The van der Waals surface area contributed by atoms with Crippen molar-refractivity contribution in [3.63, 3.8) is 0 Å². The van der Waals surface area contributed by atoms with Crippen LogP contribution in [-0.2, 0) is 28.0 Å². The quantitative estimate of drug-likeness (QED) is 0.833. The number of aliphatic carboxylic acids is 1. The third kappa shape index (κ3) is 3.94. The van der Waals surface area contributed by atoms with E-state index < -0.39 is 44.7 Å². The fourth-order valence-electron chi connectivity index (χ4n) is 1.56. The second-order valence-electron chi connectivity index (χ2n) is 4.69. The fraction of sp³-hybridized carbons (Fsp3) is 0.600. The third-order valence-corrected chi connectivity index (χ3v) is 4.01. The zero-order valence-corrected chi connectivity index (χ0v) is 12.2. The first-order valence-corrected chi connectivity index (χ1v) is 7.20. The molecule has 0 aliphatic rings. The number of hydrogen-bond acceptors (Lipinski definition) is 4. The van der Waals surface area contributed by atoms with Gasteiger partial charge in [-0.1, -0.05) is 13.8 Å². The Kier molecular flexibility index (Phi) is 4.68. The molecule has 0 unspecified atom stereocenters. The van der Waals surface area contributed by atoms with E-state index in [0.29, 0.717) is 10.9 Å². The molecule has 0 saturated heterocycles. The minimum absolute atomic E-state index is 0.650. The van der Waals surface area contributed by atoms with Crippen LogP contribution in [0.15, 0.2) is 11.1 Å². The van der Waals surface area contributed by atoms with Crippen molar-refractivity contribution < 1.29 is 31.5 Å². The van der Waals surface area contributed by atoms with Crippen LogP contribution < -0.4 is 4.72 Å². The topological polar surface area (TPSA) is 101 Å². The molecule has 120 valence electrons. The highest BCUT2D eigenvalue weighted by Crippen LogP contribution is 2.32. The van der Waals surface area contributed by atoms with Crippen LogP contribution in [0.5, 0.6) is 0 Å². The van der Waals surface area contributed by atoms with Crippen molar-refractivity contribution >= 4 is 16.0 Å². The number of rotatable bonds is 5. The van der Waals surface area contributed by atoms with Gasteiger partial charge in [0.2, 0.25) is 10.0 Å². The Morgan fingerprint density at radius 2 is 1.95 bits per heavy atom. The van der Waals surface area contributed by atoms with Gasteiger partial charge < -0.3 is 5.11 Å². The van der Waals surface area contributed by atoms with Gasteiger partial charge >= 0.3 is 12.1 Å². The van der Waals surface area contributed by atoms with Crippen LogP contribution in [0.3, 0.4) is 0 Å². The van der Waals surface area contributed by atoms with Gasteiger partial charge in [0.05, 0.1) is 0 Å². The van der Waals surface area contributed by atoms with Crippen LogP contribution in [0.2, 0.25) is 0 Å². The number of aryl methyl sites for hydroxylation is 1. The molecule has 11 heteroatoms. The van der Waals surface area contributed by atoms with Crippen molar-refractivity contribution in [2.24, 2.45) is 13.0 Å². The average Bonchev–Trinajstić information content (AvgIpc) is 2.68. The molecule has 0 spiro atoms. The van der Waals surface area contributed by atoms with Crippen LogP contribution in [0, 0.1) is 5.92 Å². The summed E-state index contributed by atoms with van der Waals surface area (Å²) >= 11 is 0. The molecule has 1 atom stereocenters. The van der Waals surface area contributed by atoms with Gasteiger partial charge in [-0.3, -0.25) is 9.48 Å². The van der Waals surface area contributed by atoms with Crippen LogP contribution in [0.4, 0.5) is 13.2 Å². The largest absolute Gasteiger partial charge is 0.480 e. The maximum Gasteiger partial charge on any atom is 0.436 e. The van der Waals surface area contributed by atoms with E-state index in [9.17, 15) is 26.4 Å². The number of carboxylic acid groups (broad SMARTS) is 1. The van der Waals surface area contributed by atoms with Crippen molar-refractivity contribution in [1.82, 2.24) is 14.5 Å². The SMILES string of the molecule is CC(C)[C@@H](NS(=O)(=O)c1cn(C)nc1C(F)(F)F)C(=O)O. The number of aromatic nitrogens is 2. The van der Waals surface area contributed by atoms with Crippen molar-refractivity contribution in [2.75, 3.05) is 0 Å².